The molecule has 0 aromatic heterocycles. The fourth-order valence-electron chi connectivity index (χ4n) is 3.79. The van der Waals surface area contributed by atoms with Gasteiger partial charge in [-0.25, -0.2) is 0 Å². The van der Waals surface area contributed by atoms with Gasteiger partial charge in [-0.2, -0.15) is 0 Å². The Labute approximate surface area is 170 Å². The van der Waals surface area contributed by atoms with Gasteiger partial charge < -0.3 is 10.0 Å². The molecular weight excluding hydrogens is 344 g/mol. The number of rotatable bonds is 4. The predicted octanol–water partition coefficient (Wildman–Crippen LogP) is 5.44. The third-order valence-electron chi connectivity index (χ3n) is 5.39. The Morgan fingerprint density at radius 3 is 2.00 bits per heavy atom. The van der Waals surface area contributed by atoms with Crippen molar-refractivity contribution in [3.8, 4) is 5.75 Å². The van der Waals surface area contributed by atoms with E-state index in [2.05, 4.69) is 88.9 Å². The average Bonchev–Trinajstić information content (AvgIpc) is 3.02. The van der Waals surface area contributed by atoms with E-state index >= 15 is 0 Å². The molecule has 0 radical (unpaired) electrons. The molecule has 0 saturated heterocycles. The molecule has 0 unspecified atom stereocenters. The molecule has 0 aliphatic carbocycles. The number of aliphatic imine (C=N–C) groups is 1. The van der Waals surface area contributed by atoms with E-state index in [-0.39, 0.29) is 10.8 Å². The van der Waals surface area contributed by atoms with Crippen molar-refractivity contribution in [2.75, 3.05) is 13.1 Å². The van der Waals surface area contributed by atoms with Gasteiger partial charge in [0.1, 0.15) is 11.6 Å². The van der Waals surface area contributed by atoms with E-state index in [0.717, 1.165) is 43.0 Å². The number of hydrogen-bond acceptors (Lipinski definition) is 3. The topological polar surface area (TPSA) is 35.8 Å². The molecule has 3 heteroatoms. The summed E-state index contributed by atoms with van der Waals surface area (Å²) in [6.45, 7) is 15.7. The normalized spacial score (nSPS) is 15.1. The maximum Gasteiger partial charge on any atom is 0.123 e. The van der Waals surface area contributed by atoms with E-state index < -0.39 is 0 Å². The molecule has 0 bridgehead atoms. The van der Waals surface area contributed by atoms with Gasteiger partial charge in [0, 0.05) is 19.5 Å². The number of phenolic OH excluding ortho intramolecular Hbond substituents is 1. The van der Waals surface area contributed by atoms with Gasteiger partial charge >= 0.3 is 0 Å². The average molecular weight is 379 g/mol. The summed E-state index contributed by atoms with van der Waals surface area (Å²) in [5, 5.41) is 11.0. The zero-order valence-corrected chi connectivity index (χ0v) is 18.2. The minimum absolute atomic E-state index is 0.110. The van der Waals surface area contributed by atoms with E-state index in [9.17, 15) is 5.11 Å². The fraction of sp³-hybridized carbons (Fsp3) is 0.480. The first kappa shape index (κ1) is 20.4. The lowest BCUT2D eigenvalue weighted by Crippen LogP contribution is -2.29. The van der Waals surface area contributed by atoms with Crippen LogP contribution in [0.25, 0.3) is 0 Å². The van der Waals surface area contributed by atoms with Crippen LogP contribution in [0.3, 0.4) is 0 Å². The highest BCUT2D eigenvalue weighted by atomic mass is 16.3. The van der Waals surface area contributed by atoms with E-state index in [4.69, 9.17) is 4.99 Å². The lowest BCUT2D eigenvalue weighted by atomic mass is 9.78. The number of aromatic hydroxyl groups is 1. The quantitative estimate of drug-likeness (QED) is 0.768. The Balaban J connectivity index is 1.91. The Hall–Kier alpha value is -2.29. The van der Waals surface area contributed by atoms with Crippen molar-refractivity contribution in [2.45, 2.75) is 65.3 Å². The van der Waals surface area contributed by atoms with Crippen LogP contribution in [0, 0.1) is 0 Å². The summed E-state index contributed by atoms with van der Waals surface area (Å²) in [6, 6.07) is 14.9. The Morgan fingerprint density at radius 1 is 0.893 bits per heavy atom. The van der Waals surface area contributed by atoms with E-state index in [1.807, 2.05) is 0 Å². The maximum absolute atomic E-state index is 11.0. The Kier molecular flexibility index (Phi) is 5.56. The highest BCUT2D eigenvalue weighted by Crippen LogP contribution is 2.40. The fourth-order valence-corrected chi connectivity index (χ4v) is 3.79. The maximum atomic E-state index is 11.0. The van der Waals surface area contributed by atoms with Crippen molar-refractivity contribution >= 4 is 5.84 Å². The zero-order chi connectivity index (χ0) is 20.5. The highest BCUT2D eigenvalue weighted by molar-refractivity contribution is 5.86. The minimum Gasteiger partial charge on any atom is -0.507 e. The molecule has 2 aromatic carbocycles. The number of hydrogen-bond donors (Lipinski definition) is 1. The summed E-state index contributed by atoms with van der Waals surface area (Å²) in [5.41, 5.74) is 4.36. The molecule has 0 amide bonds. The van der Waals surface area contributed by atoms with Crippen molar-refractivity contribution in [1.29, 1.82) is 0 Å². The van der Waals surface area contributed by atoms with Gasteiger partial charge in [0.2, 0.25) is 0 Å². The smallest absolute Gasteiger partial charge is 0.123 e. The number of phenols is 1. The number of nitrogens with zero attached hydrogens (tertiary/aromatic N) is 2. The summed E-state index contributed by atoms with van der Waals surface area (Å²) < 4.78 is 0. The van der Waals surface area contributed by atoms with E-state index in [1.165, 1.54) is 11.1 Å². The second-order valence-corrected chi connectivity index (χ2v) is 9.92. The SMILES string of the molecule is CC(C)(C)c1cc(CC2=NCCN2Cc2ccccc2)cc(C(C)(C)C)c1O. The third kappa shape index (κ3) is 4.57. The molecule has 3 nitrogen and oxygen atoms in total. The second kappa shape index (κ2) is 7.62. The Morgan fingerprint density at radius 2 is 1.46 bits per heavy atom. The van der Waals surface area contributed by atoms with Gasteiger partial charge in [0.15, 0.2) is 0 Å². The van der Waals surface area contributed by atoms with Crippen LogP contribution in [0.15, 0.2) is 47.5 Å². The van der Waals surface area contributed by atoms with Gasteiger partial charge in [-0.1, -0.05) is 84.0 Å². The van der Waals surface area contributed by atoms with E-state index in [0.29, 0.717) is 5.75 Å². The lowest BCUT2D eigenvalue weighted by molar-refractivity contribution is 0.422. The molecule has 28 heavy (non-hydrogen) atoms. The second-order valence-electron chi connectivity index (χ2n) is 9.92. The molecular formula is C25H34N2O. The largest absolute Gasteiger partial charge is 0.507 e. The molecule has 0 fully saturated rings. The van der Waals surface area contributed by atoms with Crippen molar-refractivity contribution < 1.29 is 5.11 Å². The van der Waals surface area contributed by atoms with Crippen molar-refractivity contribution in [3.05, 3.63) is 64.7 Å². The molecule has 0 spiro atoms. The van der Waals surface area contributed by atoms with Crippen molar-refractivity contribution in [3.63, 3.8) is 0 Å². The highest BCUT2D eigenvalue weighted by Gasteiger charge is 2.27. The van der Waals surface area contributed by atoms with Crippen LogP contribution in [0.1, 0.15) is 63.8 Å². The van der Waals surface area contributed by atoms with Crippen LogP contribution in [0.5, 0.6) is 5.75 Å². The zero-order valence-electron chi connectivity index (χ0n) is 18.2. The number of amidine groups is 1. The standard InChI is InChI=1S/C25H34N2O/c1-24(2,3)20-14-19(15-21(23(20)28)25(4,5)6)16-22-26-12-13-27(22)17-18-10-8-7-9-11-18/h7-11,14-15,28H,12-13,16-17H2,1-6H3. The van der Waals surface area contributed by atoms with Crippen LogP contribution in [0.2, 0.25) is 0 Å². The van der Waals surface area contributed by atoms with Crippen LogP contribution >= 0.6 is 0 Å². The molecule has 1 heterocycles. The van der Waals surface area contributed by atoms with E-state index in [1.54, 1.807) is 0 Å². The first-order chi connectivity index (χ1) is 13.1. The predicted molar refractivity (Wildman–Crippen MR) is 118 cm³/mol. The molecule has 1 N–H and O–H groups in total. The lowest BCUT2D eigenvalue weighted by Gasteiger charge is -2.29. The molecule has 0 atom stereocenters. The first-order valence-corrected chi connectivity index (χ1v) is 10.2. The first-order valence-electron chi connectivity index (χ1n) is 10.2. The summed E-state index contributed by atoms with van der Waals surface area (Å²) in [5.74, 6) is 1.59. The molecule has 2 aromatic rings. The summed E-state index contributed by atoms with van der Waals surface area (Å²) in [6.07, 6.45) is 0.805. The summed E-state index contributed by atoms with van der Waals surface area (Å²) >= 11 is 0. The van der Waals surface area contributed by atoms with Gasteiger partial charge in [0.25, 0.3) is 0 Å². The molecule has 150 valence electrons. The number of benzene rings is 2. The monoisotopic (exact) mass is 378 g/mol. The molecule has 1 aliphatic rings. The molecule has 0 saturated carbocycles. The third-order valence-corrected chi connectivity index (χ3v) is 5.39. The van der Waals surface area contributed by atoms with Crippen LogP contribution in [-0.4, -0.2) is 28.9 Å². The van der Waals surface area contributed by atoms with Crippen molar-refractivity contribution in [1.82, 2.24) is 4.90 Å². The van der Waals surface area contributed by atoms with Gasteiger partial charge in [-0.15, -0.1) is 0 Å². The summed E-state index contributed by atoms with van der Waals surface area (Å²) in [4.78, 5) is 7.18. The van der Waals surface area contributed by atoms with Gasteiger partial charge in [0.05, 0.1) is 6.54 Å². The van der Waals surface area contributed by atoms with Crippen LogP contribution in [-0.2, 0) is 23.8 Å². The minimum atomic E-state index is -0.110. The summed E-state index contributed by atoms with van der Waals surface area (Å²) in [7, 11) is 0. The van der Waals surface area contributed by atoms with Crippen molar-refractivity contribution in [2.24, 2.45) is 4.99 Å². The molecule has 1 aliphatic heterocycles. The van der Waals surface area contributed by atoms with Gasteiger partial charge in [-0.05, 0) is 33.1 Å². The Bertz CT molecular complexity index is 819. The van der Waals surface area contributed by atoms with Crippen LogP contribution < -0.4 is 0 Å². The van der Waals surface area contributed by atoms with Crippen LogP contribution in [0.4, 0.5) is 0 Å². The van der Waals surface area contributed by atoms with Gasteiger partial charge in [-0.3, -0.25) is 4.99 Å². The molecule has 3 rings (SSSR count).